The Hall–Kier alpha value is -6.02. The van der Waals surface area contributed by atoms with Crippen LogP contribution in [0.25, 0.3) is 16.6 Å². The second kappa shape index (κ2) is 18.5. The number of hydrogen-bond donors (Lipinski definition) is 4. The Morgan fingerprint density at radius 2 is 1.82 bits per heavy atom. The summed E-state index contributed by atoms with van der Waals surface area (Å²) in [6.45, 7) is 5.03. The van der Waals surface area contributed by atoms with Gasteiger partial charge in [-0.25, -0.2) is 23.5 Å². The van der Waals surface area contributed by atoms with Crippen molar-refractivity contribution < 1.29 is 32.7 Å². The number of aryl methyl sites for hydroxylation is 1. The highest BCUT2D eigenvalue weighted by atomic mass is 19.3. The van der Waals surface area contributed by atoms with Crippen molar-refractivity contribution in [2.45, 2.75) is 94.4 Å². The summed E-state index contributed by atoms with van der Waals surface area (Å²) in [5.74, 6) is -0.305. The van der Waals surface area contributed by atoms with Crippen LogP contribution in [-0.4, -0.2) is 129 Å². The van der Waals surface area contributed by atoms with Crippen molar-refractivity contribution in [3.63, 3.8) is 0 Å². The van der Waals surface area contributed by atoms with Crippen molar-refractivity contribution in [3.8, 4) is 0 Å². The summed E-state index contributed by atoms with van der Waals surface area (Å²) in [4.78, 5) is 84.8. The maximum absolute atomic E-state index is 13.9. The fourth-order valence-electron chi connectivity index (χ4n) is 10.6. The lowest BCUT2D eigenvalue weighted by atomic mass is 9.70. The summed E-state index contributed by atoms with van der Waals surface area (Å²) in [6.07, 6.45) is 6.91. The van der Waals surface area contributed by atoms with Crippen LogP contribution < -0.4 is 32.7 Å². The maximum atomic E-state index is 13.9. The number of allylic oxidation sites excluding steroid dienone is 2. The lowest BCUT2D eigenvalue weighted by Gasteiger charge is -2.42. The molecule has 2 aliphatic carbocycles. The number of nitrogens with two attached hydrogens (primary N) is 2. The number of carbonyl (C=O) groups is 4. The highest BCUT2D eigenvalue weighted by Gasteiger charge is 2.42. The van der Waals surface area contributed by atoms with Gasteiger partial charge in [-0.2, -0.15) is 0 Å². The van der Waals surface area contributed by atoms with Gasteiger partial charge < -0.3 is 31.3 Å². The van der Waals surface area contributed by atoms with Crippen LogP contribution in [0.1, 0.15) is 81.1 Å². The van der Waals surface area contributed by atoms with E-state index in [1.54, 1.807) is 17.7 Å². The second-order valence-corrected chi connectivity index (χ2v) is 18.3. The number of morpholine rings is 1. The number of rotatable bonds is 12. The number of imidazole rings is 1. The van der Waals surface area contributed by atoms with Crippen LogP contribution in [0.2, 0.25) is 0 Å². The number of nitrogens with one attached hydrogen (secondary N) is 2. The standard InChI is InChI=1S/C45H56F2N12O6/c1-55-39-31(3-2-4-34(39)59(45(55)64)35-9-10-37(60)54-43(35)62)26-17-27(18-26)44(63)57-15-13-56(14-16-57)22-25-5-7-28(8-6-25)51-21-33(38(49)40(46)47)52-42(61)32(20-48)41-50-12-11-36(53-41)58-23-30-19-29(58)24-65-30/h2-4,11-12,20-21,25-30,35,40H,5-10,13-19,22-24,48-49H2,1H3,(H,52,61)(H,54,60,62)/b32-20+,38-33+,51-21?/t25?,26?,27?,28?,29?,30-,35?/m1/s1. The Kier molecular flexibility index (Phi) is 12.6. The molecule has 6 N–H and O–H groups in total. The first-order valence-electron chi connectivity index (χ1n) is 22.7. The number of amides is 4. The fourth-order valence-corrected chi connectivity index (χ4v) is 10.6. The number of piperazine rings is 1. The predicted octanol–water partition coefficient (Wildman–Crippen LogP) is 1.90. The Balaban J connectivity index is 0.736. The Morgan fingerprint density at radius 3 is 2.49 bits per heavy atom. The molecule has 6 fully saturated rings. The average molecular weight is 899 g/mol. The van der Waals surface area contributed by atoms with Crippen molar-refractivity contribution in [2.75, 3.05) is 50.8 Å². The van der Waals surface area contributed by atoms with E-state index in [4.69, 9.17) is 16.2 Å². The largest absolute Gasteiger partial charge is 0.404 e. The zero-order valence-corrected chi connectivity index (χ0v) is 36.4. The highest BCUT2D eigenvalue weighted by Crippen LogP contribution is 2.45. The number of benzene rings is 1. The number of nitrogens with zero attached hydrogens (tertiary/aromatic N) is 8. The number of carbonyl (C=O) groups excluding carboxylic acids is 4. The summed E-state index contributed by atoms with van der Waals surface area (Å²) in [7, 11) is 1.70. The zero-order valence-electron chi connectivity index (χ0n) is 36.4. The average Bonchev–Trinajstić information content (AvgIpc) is 4.00. The number of halogens is 2. The Labute approximate surface area is 374 Å². The van der Waals surface area contributed by atoms with Gasteiger partial charge in [0.1, 0.15) is 17.6 Å². The first kappa shape index (κ1) is 44.2. The van der Waals surface area contributed by atoms with Crippen molar-refractivity contribution >= 4 is 52.3 Å². The normalized spacial score (nSPS) is 27.9. The molecule has 2 unspecified atom stereocenters. The van der Waals surface area contributed by atoms with Crippen molar-refractivity contribution in [2.24, 2.45) is 35.3 Å². The molecule has 1 aromatic carbocycles. The molecule has 346 valence electrons. The summed E-state index contributed by atoms with van der Waals surface area (Å²) >= 11 is 0. The van der Waals surface area contributed by atoms with Gasteiger partial charge in [0.15, 0.2) is 5.82 Å². The second-order valence-electron chi connectivity index (χ2n) is 18.3. The van der Waals surface area contributed by atoms with Gasteiger partial charge in [-0.3, -0.25) is 43.5 Å². The minimum Gasteiger partial charge on any atom is -0.404 e. The molecule has 65 heavy (non-hydrogen) atoms. The van der Waals surface area contributed by atoms with E-state index < -0.39 is 30.0 Å². The van der Waals surface area contributed by atoms with E-state index >= 15 is 0 Å². The number of alkyl halides is 2. The first-order chi connectivity index (χ1) is 31.4. The molecule has 6 aliphatic rings. The number of aromatic nitrogens is 4. The number of aliphatic imine (C=N–C) groups is 1. The molecule has 4 aliphatic heterocycles. The Morgan fingerprint density at radius 1 is 1.05 bits per heavy atom. The summed E-state index contributed by atoms with van der Waals surface area (Å²) in [5.41, 5.74) is 12.5. The lowest BCUT2D eigenvalue weighted by molar-refractivity contribution is -0.140. The lowest BCUT2D eigenvalue weighted by Crippen LogP contribution is -2.52. The number of piperidine rings is 1. The van der Waals surface area contributed by atoms with Crippen LogP contribution in [-0.2, 0) is 31.0 Å². The third-order valence-electron chi connectivity index (χ3n) is 14.3. The molecule has 0 spiro atoms. The molecule has 4 amide bonds. The van der Waals surface area contributed by atoms with E-state index in [1.807, 2.05) is 23.1 Å². The number of fused-ring (bicyclic) bond motifs is 3. The number of ether oxygens (including phenoxy) is 1. The minimum atomic E-state index is -3.03. The molecule has 4 saturated heterocycles. The molecule has 18 nitrogen and oxygen atoms in total. The van der Waals surface area contributed by atoms with Gasteiger partial charge >= 0.3 is 5.69 Å². The van der Waals surface area contributed by atoms with E-state index in [9.17, 15) is 32.8 Å². The molecule has 3 atom stereocenters. The van der Waals surface area contributed by atoms with Gasteiger partial charge in [-0.05, 0) is 80.9 Å². The SMILES string of the molecule is Cn1c(=O)n(C2CCC(=O)NC2=O)c2cccc(C3CC(C(=O)N4CCN(CC5CCC(N=C/C(NC(=O)/C(=C/N)c6nccc(N7C[C@H]8CC7CO8)n6)=C(\N)C(F)F)CC5)CC4)C3)c21. The van der Waals surface area contributed by atoms with Crippen LogP contribution in [0.5, 0.6) is 0 Å². The third kappa shape index (κ3) is 8.89. The van der Waals surface area contributed by atoms with Gasteiger partial charge in [0.05, 0.1) is 47.1 Å². The molecule has 2 saturated carbocycles. The van der Waals surface area contributed by atoms with Gasteiger partial charge in [0, 0.05) is 77.3 Å². The topological polar surface area (TPSA) is 228 Å². The number of imide groups is 1. The Bertz CT molecular complexity index is 2500. The van der Waals surface area contributed by atoms with Crippen LogP contribution in [0.3, 0.4) is 0 Å². The third-order valence-corrected chi connectivity index (χ3v) is 14.3. The number of para-hydroxylation sites is 1. The summed E-state index contributed by atoms with van der Waals surface area (Å²) in [5, 5.41) is 4.84. The van der Waals surface area contributed by atoms with E-state index in [1.165, 1.54) is 17.0 Å². The van der Waals surface area contributed by atoms with Crippen LogP contribution in [0, 0.1) is 11.8 Å². The van der Waals surface area contributed by atoms with Crippen molar-refractivity contribution in [1.29, 1.82) is 0 Å². The molecular weight excluding hydrogens is 843 g/mol. The maximum Gasteiger partial charge on any atom is 0.329 e. The number of anilines is 1. The molecule has 6 heterocycles. The summed E-state index contributed by atoms with van der Waals surface area (Å²) < 4.78 is 36.5. The van der Waals surface area contributed by atoms with Gasteiger partial charge in [-0.15, -0.1) is 0 Å². The zero-order chi connectivity index (χ0) is 45.5. The molecule has 3 aromatic rings. The molecular formula is C45H56F2N12O6. The van der Waals surface area contributed by atoms with E-state index in [0.717, 1.165) is 69.0 Å². The smallest absolute Gasteiger partial charge is 0.329 e. The summed E-state index contributed by atoms with van der Waals surface area (Å²) in [6, 6.07) is 6.77. The van der Waals surface area contributed by atoms with Gasteiger partial charge in [-0.1, -0.05) is 12.1 Å². The van der Waals surface area contributed by atoms with Crippen molar-refractivity contribution in [3.05, 3.63) is 69.9 Å². The van der Waals surface area contributed by atoms with Gasteiger partial charge in [0.25, 0.3) is 12.3 Å². The van der Waals surface area contributed by atoms with E-state index in [2.05, 4.69) is 35.4 Å². The minimum absolute atomic E-state index is 0.0557. The van der Waals surface area contributed by atoms with Gasteiger partial charge in [0.2, 0.25) is 17.7 Å². The monoisotopic (exact) mass is 898 g/mol. The first-order valence-corrected chi connectivity index (χ1v) is 22.7. The van der Waals surface area contributed by atoms with Crippen LogP contribution in [0.15, 0.2) is 57.8 Å². The molecule has 2 aromatic heterocycles. The van der Waals surface area contributed by atoms with E-state index in [-0.39, 0.29) is 77.5 Å². The number of hydrogen-bond acceptors (Lipinski definition) is 13. The molecule has 0 radical (unpaired) electrons. The predicted molar refractivity (Wildman–Crippen MR) is 236 cm³/mol. The molecule has 20 heteroatoms. The van der Waals surface area contributed by atoms with Crippen molar-refractivity contribution in [1.82, 2.24) is 39.5 Å². The molecule has 9 rings (SSSR count). The molecule has 2 bridgehead atoms. The fraction of sp³-hybridized carbons (Fsp3) is 0.556. The van der Waals surface area contributed by atoms with Crippen LogP contribution in [0.4, 0.5) is 14.6 Å². The quantitative estimate of drug-likeness (QED) is 0.116. The highest BCUT2D eigenvalue weighted by molar-refractivity contribution is 6.19. The van der Waals surface area contributed by atoms with E-state index in [0.29, 0.717) is 56.3 Å². The van der Waals surface area contributed by atoms with Crippen LogP contribution >= 0.6 is 0 Å².